The third-order valence-electron chi connectivity index (χ3n) is 2.74. The van der Waals surface area contributed by atoms with E-state index in [1.165, 1.54) is 0 Å². The maximum absolute atomic E-state index is 11.8. The number of carbonyl (C=O) groups is 2. The Hall–Kier alpha value is -1.92. The van der Waals surface area contributed by atoms with Gasteiger partial charge >= 0.3 is 0 Å². The highest BCUT2D eigenvalue weighted by molar-refractivity contribution is 5.96. The van der Waals surface area contributed by atoms with E-state index in [0.717, 1.165) is 12.8 Å². The number of hydrogen-bond acceptors (Lipinski definition) is 4. The van der Waals surface area contributed by atoms with E-state index in [2.05, 4.69) is 5.32 Å². The van der Waals surface area contributed by atoms with E-state index in [1.807, 2.05) is 0 Å². The van der Waals surface area contributed by atoms with Crippen LogP contribution < -0.4 is 22.5 Å². The molecule has 1 aromatic rings. The summed E-state index contributed by atoms with van der Waals surface area (Å²) in [5.74, 6) is -0.750. The summed E-state index contributed by atoms with van der Waals surface area (Å²) in [6, 6.07) is 5.78. The van der Waals surface area contributed by atoms with Crippen LogP contribution in [0.3, 0.4) is 0 Å². The topological polar surface area (TPSA) is 124 Å². The Labute approximate surface area is 112 Å². The molecule has 0 aliphatic heterocycles. The summed E-state index contributed by atoms with van der Waals surface area (Å²) in [6.45, 7) is 0.600. The highest BCUT2D eigenvalue weighted by Gasteiger charge is 2.13. The van der Waals surface area contributed by atoms with Gasteiger partial charge in [0, 0.05) is 11.3 Å². The zero-order valence-electron chi connectivity index (χ0n) is 10.8. The molecule has 104 valence electrons. The van der Waals surface area contributed by atoms with E-state index in [1.54, 1.807) is 24.3 Å². The van der Waals surface area contributed by atoms with Gasteiger partial charge in [0.25, 0.3) is 0 Å². The van der Waals surface area contributed by atoms with Gasteiger partial charge < -0.3 is 22.5 Å². The monoisotopic (exact) mass is 264 g/mol. The zero-order chi connectivity index (χ0) is 14.3. The maximum Gasteiger partial charge on any atom is 0.248 e. The second-order valence-corrected chi connectivity index (χ2v) is 4.32. The van der Waals surface area contributed by atoms with Gasteiger partial charge in [-0.05, 0) is 43.7 Å². The van der Waals surface area contributed by atoms with Crippen molar-refractivity contribution in [2.24, 2.45) is 17.2 Å². The van der Waals surface area contributed by atoms with Crippen LogP contribution in [0.15, 0.2) is 24.3 Å². The first-order valence-electron chi connectivity index (χ1n) is 6.21. The van der Waals surface area contributed by atoms with Crippen LogP contribution >= 0.6 is 0 Å². The van der Waals surface area contributed by atoms with Crippen LogP contribution in [0.1, 0.15) is 29.6 Å². The number of amides is 2. The van der Waals surface area contributed by atoms with Crippen LogP contribution in [0.5, 0.6) is 0 Å². The van der Waals surface area contributed by atoms with Gasteiger partial charge in [-0.1, -0.05) is 6.42 Å². The Morgan fingerprint density at radius 2 is 1.79 bits per heavy atom. The molecule has 1 unspecified atom stereocenters. The first kappa shape index (κ1) is 15.1. The lowest BCUT2D eigenvalue weighted by Crippen LogP contribution is -2.35. The molecule has 6 nitrogen and oxygen atoms in total. The lowest BCUT2D eigenvalue weighted by Gasteiger charge is -2.12. The van der Waals surface area contributed by atoms with Crippen molar-refractivity contribution in [1.82, 2.24) is 0 Å². The standard InChI is InChI=1S/C13H20N4O2/c14-8-2-1-3-11(15)13(19)17-10-6-4-9(5-7-10)12(16)18/h4-7,11H,1-3,8,14-15H2,(H2,16,18)(H,17,19). The summed E-state index contributed by atoms with van der Waals surface area (Å²) in [7, 11) is 0. The number of nitrogens with one attached hydrogen (secondary N) is 1. The number of benzene rings is 1. The van der Waals surface area contributed by atoms with Crippen LogP contribution in [0.2, 0.25) is 0 Å². The minimum Gasteiger partial charge on any atom is -0.366 e. The summed E-state index contributed by atoms with van der Waals surface area (Å²) in [5.41, 5.74) is 17.2. The quantitative estimate of drug-likeness (QED) is 0.524. The second kappa shape index (κ2) is 7.50. The summed E-state index contributed by atoms with van der Waals surface area (Å²) in [6.07, 6.45) is 2.28. The molecule has 1 rings (SSSR count). The summed E-state index contributed by atoms with van der Waals surface area (Å²) in [4.78, 5) is 22.7. The van der Waals surface area contributed by atoms with E-state index in [0.29, 0.717) is 24.2 Å². The lowest BCUT2D eigenvalue weighted by atomic mass is 10.1. The Balaban J connectivity index is 2.49. The molecule has 0 radical (unpaired) electrons. The van der Waals surface area contributed by atoms with Crippen molar-refractivity contribution < 1.29 is 9.59 Å². The van der Waals surface area contributed by atoms with Crippen molar-refractivity contribution in [1.29, 1.82) is 0 Å². The molecule has 0 aromatic heterocycles. The Morgan fingerprint density at radius 3 is 2.32 bits per heavy atom. The fourth-order valence-electron chi connectivity index (χ4n) is 1.59. The van der Waals surface area contributed by atoms with Gasteiger partial charge in [-0.15, -0.1) is 0 Å². The van der Waals surface area contributed by atoms with Gasteiger partial charge in [0.15, 0.2) is 0 Å². The van der Waals surface area contributed by atoms with Gasteiger partial charge in [-0.2, -0.15) is 0 Å². The van der Waals surface area contributed by atoms with E-state index in [-0.39, 0.29) is 5.91 Å². The Kier molecular flexibility index (Phi) is 5.98. The number of unbranched alkanes of at least 4 members (excludes halogenated alkanes) is 1. The number of nitrogens with two attached hydrogens (primary N) is 3. The maximum atomic E-state index is 11.8. The summed E-state index contributed by atoms with van der Waals surface area (Å²) >= 11 is 0. The zero-order valence-corrected chi connectivity index (χ0v) is 10.8. The molecule has 2 amide bonds. The smallest absolute Gasteiger partial charge is 0.248 e. The van der Waals surface area contributed by atoms with Crippen LogP contribution in [-0.2, 0) is 4.79 Å². The molecule has 1 aromatic carbocycles. The lowest BCUT2D eigenvalue weighted by molar-refractivity contribution is -0.117. The first-order chi connectivity index (χ1) is 9.04. The van der Waals surface area contributed by atoms with Crippen molar-refractivity contribution in [3.8, 4) is 0 Å². The number of hydrogen-bond donors (Lipinski definition) is 4. The third-order valence-corrected chi connectivity index (χ3v) is 2.74. The highest BCUT2D eigenvalue weighted by Crippen LogP contribution is 2.10. The van der Waals surface area contributed by atoms with Crippen molar-refractivity contribution in [2.75, 3.05) is 11.9 Å². The second-order valence-electron chi connectivity index (χ2n) is 4.32. The molecule has 0 aliphatic rings. The van der Waals surface area contributed by atoms with Gasteiger partial charge in [-0.3, -0.25) is 9.59 Å². The molecule has 0 bridgehead atoms. The molecule has 6 heteroatoms. The average molecular weight is 264 g/mol. The first-order valence-corrected chi connectivity index (χ1v) is 6.21. The van der Waals surface area contributed by atoms with Crippen molar-refractivity contribution in [3.05, 3.63) is 29.8 Å². The Bertz CT molecular complexity index is 431. The molecule has 0 heterocycles. The number of rotatable bonds is 7. The fourth-order valence-corrected chi connectivity index (χ4v) is 1.59. The molecule has 1 atom stereocenters. The summed E-state index contributed by atoms with van der Waals surface area (Å²) in [5, 5.41) is 2.69. The minimum absolute atomic E-state index is 0.246. The van der Waals surface area contributed by atoms with E-state index < -0.39 is 11.9 Å². The van der Waals surface area contributed by atoms with Crippen LogP contribution in [-0.4, -0.2) is 24.4 Å². The van der Waals surface area contributed by atoms with Gasteiger partial charge in [0.2, 0.25) is 11.8 Å². The van der Waals surface area contributed by atoms with Gasteiger partial charge in [0.05, 0.1) is 6.04 Å². The van der Waals surface area contributed by atoms with Crippen molar-refractivity contribution >= 4 is 17.5 Å². The number of anilines is 1. The van der Waals surface area contributed by atoms with Crippen LogP contribution in [0.4, 0.5) is 5.69 Å². The number of carbonyl (C=O) groups excluding carboxylic acids is 2. The van der Waals surface area contributed by atoms with Gasteiger partial charge in [-0.25, -0.2) is 0 Å². The molecule has 0 saturated carbocycles. The molecule has 0 saturated heterocycles. The van der Waals surface area contributed by atoms with Gasteiger partial charge in [0.1, 0.15) is 0 Å². The number of primary amides is 1. The molecular formula is C13H20N4O2. The van der Waals surface area contributed by atoms with Crippen molar-refractivity contribution in [3.63, 3.8) is 0 Å². The van der Waals surface area contributed by atoms with Crippen LogP contribution in [0, 0.1) is 0 Å². The Morgan fingerprint density at radius 1 is 1.16 bits per heavy atom. The van der Waals surface area contributed by atoms with E-state index >= 15 is 0 Å². The molecule has 0 spiro atoms. The largest absolute Gasteiger partial charge is 0.366 e. The third kappa shape index (κ3) is 5.07. The fraction of sp³-hybridized carbons (Fsp3) is 0.385. The highest BCUT2D eigenvalue weighted by atomic mass is 16.2. The average Bonchev–Trinajstić information content (AvgIpc) is 2.39. The molecule has 19 heavy (non-hydrogen) atoms. The predicted octanol–water partition coefficient (Wildman–Crippen LogP) is 0.180. The van der Waals surface area contributed by atoms with E-state index in [4.69, 9.17) is 17.2 Å². The van der Waals surface area contributed by atoms with Crippen molar-refractivity contribution in [2.45, 2.75) is 25.3 Å². The predicted molar refractivity (Wildman–Crippen MR) is 74.5 cm³/mol. The minimum atomic E-state index is -0.553. The van der Waals surface area contributed by atoms with Crippen LogP contribution in [0.25, 0.3) is 0 Å². The molecule has 0 fully saturated rings. The normalized spacial score (nSPS) is 11.9. The molecule has 7 N–H and O–H groups in total. The van der Waals surface area contributed by atoms with E-state index in [9.17, 15) is 9.59 Å². The SMILES string of the molecule is NCCCCC(N)C(=O)Nc1ccc(C(N)=O)cc1. The summed E-state index contributed by atoms with van der Waals surface area (Å²) < 4.78 is 0. The molecular weight excluding hydrogens is 244 g/mol. The molecule has 0 aliphatic carbocycles.